The van der Waals surface area contributed by atoms with E-state index in [0.29, 0.717) is 5.69 Å². The number of anilines is 2. The summed E-state index contributed by atoms with van der Waals surface area (Å²) >= 11 is 0. The Balaban J connectivity index is 1.67. The van der Waals surface area contributed by atoms with Gasteiger partial charge in [0.2, 0.25) is 0 Å². The third-order valence-electron chi connectivity index (χ3n) is 5.12. The average Bonchev–Trinajstić information content (AvgIpc) is 2.69. The Labute approximate surface area is 162 Å². The normalized spacial score (nSPS) is 15.5. The van der Waals surface area contributed by atoms with Gasteiger partial charge in [0.1, 0.15) is 0 Å². The Morgan fingerprint density at radius 1 is 1.04 bits per heavy atom. The summed E-state index contributed by atoms with van der Waals surface area (Å²) in [6.07, 6.45) is -4.41. The highest BCUT2D eigenvalue weighted by Gasteiger charge is 2.30. The number of piperazine rings is 1. The average molecular weight is 391 g/mol. The second-order valence-electron chi connectivity index (χ2n) is 6.95. The predicted octanol–water partition coefficient (Wildman–Crippen LogP) is 4.41. The van der Waals surface area contributed by atoms with Crippen molar-refractivity contribution >= 4 is 17.3 Å². The van der Waals surface area contributed by atoms with Crippen molar-refractivity contribution in [2.75, 3.05) is 42.9 Å². The van der Waals surface area contributed by atoms with E-state index in [1.165, 1.54) is 12.1 Å². The van der Waals surface area contributed by atoms with Crippen molar-refractivity contribution in [3.8, 4) is 0 Å². The highest BCUT2D eigenvalue weighted by atomic mass is 19.4. The van der Waals surface area contributed by atoms with Gasteiger partial charge in [0.15, 0.2) is 0 Å². The molecule has 0 aliphatic carbocycles. The minimum atomic E-state index is -4.41. The van der Waals surface area contributed by atoms with Gasteiger partial charge < -0.3 is 15.1 Å². The minimum absolute atomic E-state index is 0.187. The maximum Gasteiger partial charge on any atom is 0.416 e. The van der Waals surface area contributed by atoms with E-state index in [-0.39, 0.29) is 5.56 Å². The largest absolute Gasteiger partial charge is 0.416 e. The summed E-state index contributed by atoms with van der Waals surface area (Å²) < 4.78 is 37.9. The van der Waals surface area contributed by atoms with Crippen LogP contribution in [0.3, 0.4) is 0 Å². The molecule has 1 heterocycles. The molecule has 28 heavy (non-hydrogen) atoms. The van der Waals surface area contributed by atoms with Crippen LogP contribution in [0.5, 0.6) is 0 Å². The van der Waals surface area contributed by atoms with Gasteiger partial charge in [0.05, 0.1) is 5.56 Å². The van der Waals surface area contributed by atoms with Gasteiger partial charge in [0, 0.05) is 43.1 Å². The number of amides is 1. The molecule has 1 aliphatic heterocycles. The van der Waals surface area contributed by atoms with Gasteiger partial charge >= 0.3 is 6.18 Å². The summed E-state index contributed by atoms with van der Waals surface area (Å²) in [5.74, 6) is -0.430. The Hall–Kier alpha value is -2.54. The summed E-state index contributed by atoms with van der Waals surface area (Å²) in [7, 11) is 0. The molecular formula is C21H24F3N3O. The third kappa shape index (κ3) is 4.65. The third-order valence-corrected chi connectivity index (χ3v) is 5.12. The van der Waals surface area contributed by atoms with Crippen molar-refractivity contribution in [2.45, 2.75) is 20.0 Å². The number of hydrogen-bond donors (Lipinski definition) is 1. The van der Waals surface area contributed by atoms with Gasteiger partial charge in [-0.15, -0.1) is 0 Å². The molecule has 1 aliphatic rings. The van der Waals surface area contributed by atoms with Crippen LogP contribution in [0.1, 0.15) is 28.4 Å². The molecule has 0 saturated carbocycles. The van der Waals surface area contributed by atoms with Crippen molar-refractivity contribution in [1.29, 1.82) is 0 Å². The highest BCUT2D eigenvalue weighted by Crippen LogP contribution is 2.29. The topological polar surface area (TPSA) is 35.6 Å². The zero-order valence-corrected chi connectivity index (χ0v) is 16.0. The minimum Gasteiger partial charge on any atom is -0.369 e. The lowest BCUT2D eigenvalue weighted by atomic mass is 10.1. The predicted molar refractivity (Wildman–Crippen MR) is 105 cm³/mol. The van der Waals surface area contributed by atoms with Gasteiger partial charge in [-0.2, -0.15) is 13.2 Å². The smallest absolute Gasteiger partial charge is 0.369 e. The molecule has 150 valence electrons. The number of likely N-dealkylation sites (N-methyl/N-ethyl adjacent to an activating group) is 1. The quantitative estimate of drug-likeness (QED) is 0.839. The number of aryl methyl sites for hydroxylation is 1. The van der Waals surface area contributed by atoms with Gasteiger partial charge in [-0.1, -0.05) is 6.92 Å². The number of nitrogens with zero attached hydrogens (tertiary/aromatic N) is 2. The lowest BCUT2D eigenvalue weighted by Crippen LogP contribution is -2.46. The monoisotopic (exact) mass is 391 g/mol. The molecule has 0 aromatic heterocycles. The van der Waals surface area contributed by atoms with Crippen molar-refractivity contribution in [1.82, 2.24) is 4.90 Å². The Morgan fingerprint density at radius 2 is 1.68 bits per heavy atom. The van der Waals surface area contributed by atoms with E-state index in [1.807, 2.05) is 25.1 Å². The Kier molecular flexibility index (Phi) is 5.93. The molecule has 7 heteroatoms. The van der Waals surface area contributed by atoms with Crippen molar-refractivity contribution in [3.05, 3.63) is 59.2 Å². The lowest BCUT2D eigenvalue weighted by molar-refractivity contribution is -0.137. The standard InChI is InChI=1S/C21H24F3N3O/c1-3-26-10-12-27(13-11-26)18-8-9-19(15(2)14-18)25-20(28)16-4-6-17(7-5-16)21(22,23)24/h4-9,14H,3,10-13H2,1-2H3,(H,25,28). The first-order valence-electron chi connectivity index (χ1n) is 9.34. The van der Waals surface area contributed by atoms with Crippen molar-refractivity contribution in [2.24, 2.45) is 0 Å². The first kappa shape index (κ1) is 20.2. The van der Waals surface area contributed by atoms with E-state index in [4.69, 9.17) is 0 Å². The molecule has 0 unspecified atom stereocenters. The molecule has 0 radical (unpaired) electrons. The fraction of sp³-hybridized carbons (Fsp3) is 0.381. The number of alkyl halides is 3. The molecule has 1 amide bonds. The van der Waals surface area contributed by atoms with E-state index in [0.717, 1.165) is 56.1 Å². The molecule has 1 fully saturated rings. The zero-order valence-electron chi connectivity index (χ0n) is 16.0. The SMILES string of the molecule is CCN1CCN(c2ccc(NC(=O)c3ccc(C(F)(F)F)cc3)c(C)c2)CC1. The van der Waals surface area contributed by atoms with E-state index in [2.05, 4.69) is 22.0 Å². The fourth-order valence-electron chi connectivity index (χ4n) is 3.31. The molecular weight excluding hydrogens is 367 g/mol. The number of rotatable bonds is 4. The summed E-state index contributed by atoms with van der Waals surface area (Å²) in [6.45, 7) is 9.11. The number of carbonyl (C=O) groups excluding carboxylic acids is 1. The second kappa shape index (κ2) is 8.22. The zero-order chi connectivity index (χ0) is 20.3. The molecule has 0 atom stereocenters. The molecule has 0 spiro atoms. The molecule has 4 nitrogen and oxygen atoms in total. The molecule has 2 aromatic carbocycles. The maximum atomic E-state index is 12.6. The van der Waals surface area contributed by atoms with Crippen LogP contribution < -0.4 is 10.2 Å². The number of hydrogen-bond acceptors (Lipinski definition) is 3. The van der Waals surface area contributed by atoms with Crippen LogP contribution in [-0.2, 0) is 6.18 Å². The summed E-state index contributed by atoms with van der Waals surface area (Å²) in [6, 6.07) is 10.1. The summed E-state index contributed by atoms with van der Waals surface area (Å²) in [5.41, 5.74) is 2.09. The number of carbonyl (C=O) groups is 1. The van der Waals surface area contributed by atoms with Crippen molar-refractivity contribution < 1.29 is 18.0 Å². The molecule has 3 rings (SSSR count). The van der Waals surface area contributed by atoms with Crippen LogP contribution in [0, 0.1) is 6.92 Å². The molecule has 1 N–H and O–H groups in total. The van der Waals surface area contributed by atoms with Crippen LogP contribution in [0.15, 0.2) is 42.5 Å². The maximum absolute atomic E-state index is 12.6. The van der Waals surface area contributed by atoms with Gasteiger partial charge in [-0.25, -0.2) is 0 Å². The first-order valence-corrected chi connectivity index (χ1v) is 9.34. The highest BCUT2D eigenvalue weighted by molar-refractivity contribution is 6.04. The molecule has 1 saturated heterocycles. The van der Waals surface area contributed by atoms with Gasteiger partial charge in [-0.3, -0.25) is 4.79 Å². The van der Waals surface area contributed by atoms with E-state index < -0.39 is 17.6 Å². The van der Waals surface area contributed by atoms with Crippen LogP contribution in [0.25, 0.3) is 0 Å². The molecule has 2 aromatic rings. The fourth-order valence-corrected chi connectivity index (χ4v) is 3.31. The van der Waals surface area contributed by atoms with Crippen LogP contribution in [0.2, 0.25) is 0 Å². The number of halogens is 3. The van der Waals surface area contributed by atoms with Gasteiger partial charge in [-0.05, 0) is 61.5 Å². The number of benzene rings is 2. The summed E-state index contributed by atoms with van der Waals surface area (Å²) in [5, 5.41) is 2.78. The van der Waals surface area contributed by atoms with Crippen LogP contribution in [0.4, 0.5) is 24.5 Å². The van der Waals surface area contributed by atoms with E-state index in [1.54, 1.807) is 0 Å². The Bertz CT molecular complexity index is 826. The summed E-state index contributed by atoms with van der Waals surface area (Å²) in [4.78, 5) is 17.1. The number of nitrogens with one attached hydrogen (secondary N) is 1. The van der Waals surface area contributed by atoms with Gasteiger partial charge in [0.25, 0.3) is 5.91 Å². The van der Waals surface area contributed by atoms with Crippen molar-refractivity contribution in [3.63, 3.8) is 0 Å². The van der Waals surface area contributed by atoms with E-state index in [9.17, 15) is 18.0 Å². The van der Waals surface area contributed by atoms with Crippen LogP contribution >= 0.6 is 0 Å². The second-order valence-corrected chi connectivity index (χ2v) is 6.95. The Morgan fingerprint density at radius 3 is 2.21 bits per heavy atom. The van der Waals surface area contributed by atoms with Crippen LogP contribution in [-0.4, -0.2) is 43.5 Å². The van der Waals surface area contributed by atoms with E-state index >= 15 is 0 Å². The first-order chi connectivity index (χ1) is 13.3. The lowest BCUT2D eigenvalue weighted by Gasteiger charge is -2.35. The molecule has 0 bridgehead atoms.